The van der Waals surface area contributed by atoms with Gasteiger partial charge in [0.05, 0.1) is 17.8 Å². The van der Waals surface area contributed by atoms with Crippen molar-refractivity contribution in [2.45, 2.75) is 0 Å². The Bertz CT molecular complexity index is 328. The minimum absolute atomic E-state index is 0.0805. The van der Waals surface area contributed by atoms with Gasteiger partial charge in [0, 0.05) is 6.07 Å². The lowest BCUT2D eigenvalue weighted by Crippen LogP contribution is -1.98. The van der Waals surface area contributed by atoms with Crippen molar-refractivity contribution in [1.29, 1.82) is 0 Å². The molecule has 1 rings (SSSR count). The Kier molecular flexibility index (Phi) is 3.29. The van der Waals surface area contributed by atoms with Crippen LogP contribution in [0.2, 0.25) is 0 Å². The molecule has 0 aliphatic carbocycles. The molecule has 0 N–H and O–H groups in total. The second-order valence-corrected chi connectivity index (χ2v) is 3.30. The zero-order chi connectivity index (χ0) is 10.0. The third kappa shape index (κ3) is 1.84. The van der Waals surface area contributed by atoms with Crippen molar-refractivity contribution < 1.29 is 18.3 Å². The van der Waals surface area contributed by atoms with Gasteiger partial charge in [-0.3, -0.25) is 0 Å². The average Bonchev–Trinajstić information content (AvgIpc) is 2.13. The molecule has 0 aromatic heterocycles. The van der Waals surface area contributed by atoms with Crippen LogP contribution in [0.4, 0.5) is 8.78 Å². The number of hydrogen-bond donors (Lipinski definition) is 0. The fourth-order valence-corrected chi connectivity index (χ4v) is 1.64. The van der Waals surface area contributed by atoms with Crippen molar-refractivity contribution in [2.24, 2.45) is 0 Å². The summed E-state index contributed by atoms with van der Waals surface area (Å²) in [4.78, 5) is 0. The minimum atomic E-state index is -0.943. The zero-order valence-corrected chi connectivity index (χ0v) is 9.19. The number of benzene rings is 1. The summed E-state index contributed by atoms with van der Waals surface area (Å²) >= 11 is 1.66. The standard InChI is InChI=1S/C8H7F2IO2/c1-12-5-3-4(9)6(10)7(11)8(5)13-2/h3H,1-2H3. The molecule has 0 atom stereocenters. The first-order valence-corrected chi connectivity index (χ1v) is 4.45. The van der Waals surface area contributed by atoms with Gasteiger partial charge in [-0.2, -0.15) is 0 Å². The Morgan fingerprint density at radius 2 is 1.85 bits per heavy atom. The lowest BCUT2D eigenvalue weighted by Gasteiger charge is -2.09. The van der Waals surface area contributed by atoms with Crippen LogP contribution in [0.3, 0.4) is 0 Å². The fourth-order valence-electron chi connectivity index (χ4n) is 0.899. The van der Waals surface area contributed by atoms with Crippen molar-refractivity contribution in [2.75, 3.05) is 14.2 Å². The Morgan fingerprint density at radius 3 is 2.31 bits per heavy atom. The number of rotatable bonds is 2. The number of hydrogen-bond acceptors (Lipinski definition) is 2. The molecule has 5 heteroatoms. The Morgan fingerprint density at radius 1 is 1.23 bits per heavy atom. The van der Waals surface area contributed by atoms with Crippen molar-refractivity contribution in [3.05, 3.63) is 21.3 Å². The maximum Gasteiger partial charge on any atom is 0.177 e. The monoisotopic (exact) mass is 300 g/mol. The molecule has 1 aromatic rings. The molecule has 72 valence electrons. The molecule has 0 saturated heterocycles. The average molecular weight is 300 g/mol. The van der Waals surface area contributed by atoms with Gasteiger partial charge in [-0.25, -0.2) is 8.78 Å². The Labute approximate surface area is 88.0 Å². The lowest BCUT2D eigenvalue weighted by atomic mass is 10.3. The molecule has 0 aliphatic heterocycles. The summed E-state index contributed by atoms with van der Waals surface area (Å²) in [5.74, 6) is -1.46. The van der Waals surface area contributed by atoms with E-state index in [1.54, 1.807) is 22.6 Å². The Hall–Kier alpha value is -0.590. The summed E-state index contributed by atoms with van der Waals surface area (Å²) < 4.78 is 35.6. The van der Waals surface area contributed by atoms with Crippen LogP contribution in [0.1, 0.15) is 0 Å². The van der Waals surface area contributed by atoms with Gasteiger partial charge in [0.2, 0.25) is 0 Å². The van der Waals surface area contributed by atoms with E-state index in [1.807, 2.05) is 0 Å². The van der Waals surface area contributed by atoms with E-state index < -0.39 is 11.6 Å². The van der Waals surface area contributed by atoms with Crippen LogP contribution in [0.5, 0.6) is 11.5 Å². The SMILES string of the molecule is COc1cc(F)c(F)c(I)c1OC. The largest absolute Gasteiger partial charge is 0.493 e. The summed E-state index contributed by atoms with van der Waals surface area (Å²) in [6.07, 6.45) is 0. The van der Waals surface area contributed by atoms with E-state index in [4.69, 9.17) is 9.47 Å². The van der Waals surface area contributed by atoms with Gasteiger partial charge in [-0.15, -0.1) is 0 Å². The van der Waals surface area contributed by atoms with E-state index in [1.165, 1.54) is 14.2 Å². The molecule has 0 amide bonds. The van der Waals surface area contributed by atoms with Gasteiger partial charge in [-0.1, -0.05) is 0 Å². The molecule has 0 saturated carbocycles. The molecule has 0 spiro atoms. The van der Waals surface area contributed by atoms with E-state index in [-0.39, 0.29) is 15.1 Å². The fraction of sp³-hybridized carbons (Fsp3) is 0.250. The highest BCUT2D eigenvalue weighted by Crippen LogP contribution is 2.35. The quantitative estimate of drug-likeness (QED) is 0.617. The topological polar surface area (TPSA) is 18.5 Å². The highest BCUT2D eigenvalue weighted by atomic mass is 127. The van der Waals surface area contributed by atoms with Crippen molar-refractivity contribution in [1.82, 2.24) is 0 Å². The first-order chi connectivity index (χ1) is 6.11. The van der Waals surface area contributed by atoms with Crippen LogP contribution in [-0.2, 0) is 0 Å². The molecule has 0 bridgehead atoms. The normalized spacial score (nSPS) is 9.92. The van der Waals surface area contributed by atoms with Crippen molar-refractivity contribution in [3.63, 3.8) is 0 Å². The van der Waals surface area contributed by atoms with Gasteiger partial charge in [0.25, 0.3) is 0 Å². The van der Waals surface area contributed by atoms with E-state index in [2.05, 4.69) is 0 Å². The zero-order valence-electron chi connectivity index (χ0n) is 7.03. The molecule has 2 nitrogen and oxygen atoms in total. The van der Waals surface area contributed by atoms with Gasteiger partial charge >= 0.3 is 0 Å². The smallest absolute Gasteiger partial charge is 0.177 e. The molecular weight excluding hydrogens is 293 g/mol. The predicted molar refractivity (Wildman–Crippen MR) is 52.2 cm³/mol. The Balaban J connectivity index is 3.39. The summed E-state index contributed by atoms with van der Waals surface area (Å²) in [6, 6.07) is 0.955. The third-order valence-corrected chi connectivity index (χ3v) is 2.47. The van der Waals surface area contributed by atoms with Crippen LogP contribution in [0, 0.1) is 15.2 Å². The maximum absolute atomic E-state index is 13.0. The minimum Gasteiger partial charge on any atom is -0.493 e. The molecule has 0 heterocycles. The van der Waals surface area contributed by atoms with E-state index in [0.717, 1.165) is 6.07 Å². The van der Waals surface area contributed by atoms with Crippen molar-refractivity contribution in [3.8, 4) is 11.5 Å². The predicted octanol–water partition coefficient (Wildman–Crippen LogP) is 2.59. The van der Waals surface area contributed by atoms with Crippen LogP contribution in [0.25, 0.3) is 0 Å². The molecular formula is C8H7F2IO2. The molecule has 1 aromatic carbocycles. The third-order valence-electron chi connectivity index (χ3n) is 1.51. The molecule has 13 heavy (non-hydrogen) atoms. The number of ether oxygens (including phenoxy) is 2. The van der Waals surface area contributed by atoms with E-state index in [9.17, 15) is 8.78 Å². The number of methoxy groups -OCH3 is 2. The van der Waals surface area contributed by atoms with Gasteiger partial charge in [0.1, 0.15) is 0 Å². The van der Waals surface area contributed by atoms with Crippen molar-refractivity contribution >= 4 is 22.6 Å². The van der Waals surface area contributed by atoms with Crippen LogP contribution in [-0.4, -0.2) is 14.2 Å². The second kappa shape index (κ2) is 4.08. The highest BCUT2D eigenvalue weighted by molar-refractivity contribution is 14.1. The van der Waals surface area contributed by atoms with Crippen LogP contribution < -0.4 is 9.47 Å². The first kappa shape index (κ1) is 10.5. The van der Waals surface area contributed by atoms with E-state index >= 15 is 0 Å². The molecule has 0 fully saturated rings. The lowest BCUT2D eigenvalue weighted by molar-refractivity contribution is 0.344. The molecule has 0 unspecified atom stereocenters. The number of halogens is 3. The van der Waals surface area contributed by atoms with Gasteiger partial charge in [-0.05, 0) is 22.6 Å². The van der Waals surface area contributed by atoms with Crippen LogP contribution >= 0.6 is 22.6 Å². The van der Waals surface area contributed by atoms with Gasteiger partial charge in [0.15, 0.2) is 23.1 Å². The summed E-state index contributed by atoms with van der Waals surface area (Å²) in [7, 11) is 2.74. The second-order valence-electron chi connectivity index (χ2n) is 2.22. The summed E-state index contributed by atoms with van der Waals surface area (Å²) in [6.45, 7) is 0. The summed E-state index contributed by atoms with van der Waals surface area (Å²) in [5.41, 5.74) is 0. The maximum atomic E-state index is 13.0. The molecule has 0 aliphatic rings. The van der Waals surface area contributed by atoms with Crippen LogP contribution in [0.15, 0.2) is 6.07 Å². The van der Waals surface area contributed by atoms with Gasteiger partial charge < -0.3 is 9.47 Å². The summed E-state index contributed by atoms with van der Waals surface area (Å²) in [5, 5.41) is 0. The first-order valence-electron chi connectivity index (χ1n) is 3.37. The molecule has 0 radical (unpaired) electrons. The van der Waals surface area contributed by atoms with E-state index in [0.29, 0.717) is 0 Å². The highest BCUT2D eigenvalue weighted by Gasteiger charge is 2.17.